The molecule has 6 heteroatoms. The van der Waals surface area contributed by atoms with Crippen LogP contribution in [0.5, 0.6) is 11.5 Å². The molecule has 0 aliphatic carbocycles. The predicted octanol–water partition coefficient (Wildman–Crippen LogP) is 3.17. The van der Waals surface area contributed by atoms with Crippen LogP contribution >= 0.6 is 27.7 Å². The highest BCUT2D eigenvalue weighted by Gasteiger charge is 2.14. The predicted molar refractivity (Wildman–Crippen MR) is 75.6 cm³/mol. The summed E-state index contributed by atoms with van der Waals surface area (Å²) in [7, 11) is 3.17. The molecular formula is C12H15BrO4S. The van der Waals surface area contributed by atoms with Crippen LogP contribution in [-0.2, 0) is 10.5 Å². The first kappa shape index (κ1) is 15.2. The molecule has 1 unspecified atom stereocenters. The highest BCUT2D eigenvalue weighted by Crippen LogP contribution is 2.35. The summed E-state index contributed by atoms with van der Waals surface area (Å²) >= 11 is 4.72. The number of carboxylic acids is 1. The van der Waals surface area contributed by atoms with Crippen LogP contribution in [0.25, 0.3) is 0 Å². The number of thioether (sulfide) groups is 1. The topological polar surface area (TPSA) is 55.8 Å². The molecule has 0 aliphatic heterocycles. The molecule has 1 rings (SSSR count). The standard InChI is InChI=1S/C12H15BrO4S/c1-7(12(14)15)18-6-8-4-11(17-3)9(13)5-10(8)16-2/h4-5,7H,6H2,1-3H3,(H,14,15). The van der Waals surface area contributed by atoms with Gasteiger partial charge in [0.1, 0.15) is 11.5 Å². The van der Waals surface area contributed by atoms with Crippen LogP contribution in [0.1, 0.15) is 12.5 Å². The second-order valence-corrected chi connectivity index (χ2v) is 5.77. The zero-order valence-electron chi connectivity index (χ0n) is 10.4. The highest BCUT2D eigenvalue weighted by atomic mass is 79.9. The Morgan fingerprint density at radius 1 is 1.39 bits per heavy atom. The maximum atomic E-state index is 10.8. The van der Waals surface area contributed by atoms with Crippen molar-refractivity contribution in [3.8, 4) is 11.5 Å². The second-order valence-electron chi connectivity index (χ2n) is 3.59. The second kappa shape index (κ2) is 6.89. The van der Waals surface area contributed by atoms with Crippen LogP contribution < -0.4 is 9.47 Å². The van der Waals surface area contributed by atoms with Gasteiger partial charge in [-0.05, 0) is 35.0 Å². The lowest BCUT2D eigenvalue weighted by molar-refractivity contribution is -0.136. The molecule has 0 fully saturated rings. The number of halogens is 1. The van der Waals surface area contributed by atoms with Crippen molar-refractivity contribution in [3.63, 3.8) is 0 Å². The van der Waals surface area contributed by atoms with Crippen LogP contribution in [0.2, 0.25) is 0 Å². The average Bonchev–Trinajstić information content (AvgIpc) is 2.36. The third-order valence-corrected chi connectivity index (χ3v) is 4.19. The minimum atomic E-state index is -0.817. The van der Waals surface area contributed by atoms with Crippen LogP contribution in [0.4, 0.5) is 0 Å². The number of benzene rings is 1. The van der Waals surface area contributed by atoms with E-state index in [0.29, 0.717) is 17.3 Å². The summed E-state index contributed by atoms with van der Waals surface area (Å²) in [6, 6.07) is 3.67. The van der Waals surface area contributed by atoms with Crippen LogP contribution in [0.15, 0.2) is 16.6 Å². The minimum Gasteiger partial charge on any atom is -0.496 e. The van der Waals surface area contributed by atoms with Gasteiger partial charge in [-0.25, -0.2) is 0 Å². The highest BCUT2D eigenvalue weighted by molar-refractivity contribution is 9.10. The Labute approximate surface area is 119 Å². The summed E-state index contributed by atoms with van der Waals surface area (Å²) in [5.41, 5.74) is 0.913. The van der Waals surface area contributed by atoms with Gasteiger partial charge in [0.25, 0.3) is 0 Å². The SMILES string of the molecule is COc1cc(CSC(C)C(=O)O)c(OC)cc1Br. The fourth-order valence-corrected chi connectivity index (χ4v) is 2.60. The molecule has 0 radical (unpaired) electrons. The zero-order valence-corrected chi connectivity index (χ0v) is 12.8. The molecule has 0 heterocycles. The van der Waals surface area contributed by atoms with Crippen LogP contribution in [0.3, 0.4) is 0 Å². The fourth-order valence-electron chi connectivity index (χ4n) is 1.32. The molecule has 0 saturated heterocycles. The third kappa shape index (κ3) is 3.81. The van der Waals surface area contributed by atoms with Gasteiger partial charge in [0, 0.05) is 11.3 Å². The summed E-state index contributed by atoms with van der Waals surface area (Å²) in [6.07, 6.45) is 0. The Hall–Kier alpha value is -0.880. The number of ether oxygens (including phenoxy) is 2. The lowest BCUT2D eigenvalue weighted by Crippen LogP contribution is -2.11. The van der Waals surface area contributed by atoms with Crippen molar-refractivity contribution in [3.05, 3.63) is 22.2 Å². The summed E-state index contributed by atoms with van der Waals surface area (Å²) in [5, 5.41) is 8.39. The van der Waals surface area contributed by atoms with Crippen molar-refractivity contribution in [1.82, 2.24) is 0 Å². The van der Waals surface area contributed by atoms with Crippen molar-refractivity contribution < 1.29 is 19.4 Å². The Morgan fingerprint density at radius 2 is 2.00 bits per heavy atom. The van der Waals surface area contributed by atoms with Gasteiger partial charge in [-0.1, -0.05) is 0 Å². The lowest BCUT2D eigenvalue weighted by atomic mass is 10.2. The van der Waals surface area contributed by atoms with Gasteiger partial charge in [0.05, 0.1) is 23.9 Å². The van der Waals surface area contributed by atoms with E-state index in [4.69, 9.17) is 14.6 Å². The quantitative estimate of drug-likeness (QED) is 0.865. The first-order chi connectivity index (χ1) is 8.49. The maximum Gasteiger partial charge on any atom is 0.316 e. The van der Waals surface area contributed by atoms with Crippen molar-refractivity contribution in [2.75, 3.05) is 14.2 Å². The Morgan fingerprint density at radius 3 is 2.50 bits per heavy atom. The zero-order chi connectivity index (χ0) is 13.7. The molecule has 1 aromatic carbocycles. The third-order valence-electron chi connectivity index (χ3n) is 2.39. The van der Waals surface area contributed by atoms with E-state index >= 15 is 0 Å². The van der Waals surface area contributed by atoms with Gasteiger partial charge >= 0.3 is 5.97 Å². The first-order valence-corrected chi connectivity index (χ1v) is 7.08. The van der Waals surface area contributed by atoms with E-state index in [1.165, 1.54) is 11.8 Å². The van der Waals surface area contributed by atoms with Gasteiger partial charge in [-0.15, -0.1) is 11.8 Å². The van der Waals surface area contributed by atoms with Gasteiger partial charge in [-0.3, -0.25) is 4.79 Å². The molecule has 4 nitrogen and oxygen atoms in total. The molecule has 100 valence electrons. The average molecular weight is 335 g/mol. The summed E-state index contributed by atoms with van der Waals surface area (Å²) < 4.78 is 11.3. The van der Waals surface area contributed by atoms with E-state index in [9.17, 15) is 4.79 Å². The van der Waals surface area contributed by atoms with E-state index in [0.717, 1.165) is 10.0 Å². The fraction of sp³-hybridized carbons (Fsp3) is 0.417. The van der Waals surface area contributed by atoms with E-state index in [2.05, 4.69) is 15.9 Å². The van der Waals surface area contributed by atoms with Gasteiger partial charge in [0.2, 0.25) is 0 Å². The molecule has 1 aromatic rings. The Kier molecular flexibility index (Phi) is 5.81. The summed E-state index contributed by atoms with van der Waals surface area (Å²) in [5.74, 6) is 1.16. The number of rotatable bonds is 6. The summed E-state index contributed by atoms with van der Waals surface area (Å²) in [4.78, 5) is 10.8. The van der Waals surface area contributed by atoms with Gasteiger partial charge in [-0.2, -0.15) is 0 Å². The number of hydrogen-bond acceptors (Lipinski definition) is 4. The van der Waals surface area contributed by atoms with Gasteiger partial charge < -0.3 is 14.6 Å². The minimum absolute atomic E-state index is 0.454. The largest absolute Gasteiger partial charge is 0.496 e. The lowest BCUT2D eigenvalue weighted by Gasteiger charge is -2.13. The molecule has 0 bridgehead atoms. The molecule has 1 N–H and O–H groups in total. The summed E-state index contributed by atoms with van der Waals surface area (Å²) in [6.45, 7) is 1.66. The van der Waals surface area contributed by atoms with E-state index < -0.39 is 11.2 Å². The van der Waals surface area contributed by atoms with E-state index in [-0.39, 0.29) is 0 Å². The normalized spacial score (nSPS) is 12.0. The molecule has 1 atom stereocenters. The van der Waals surface area contributed by atoms with E-state index in [1.54, 1.807) is 21.1 Å². The smallest absolute Gasteiger partial charge is 0.316 e. The van der Waals surface area contributed by atoms with Crippen molar-refractivity contribution in [1.29, 1.82) is 0 Å². The molecule has 0 aromatic heterocycles. The number of aliphatic carboxylic acids is 1. The molecule has 0 aliphatic rings. The number of carbonyl (C=O) groups is 1. The Balaban J connectivity index is 2.89. The molecule has 18 heavy (non-hydrogen) atoms. The van der Waals surface area contributed by atoms with Crippen molar-refractivity contribution >= 4 is 33.7 Å². The number of methoxy groups -OCH3 is 2. The molecule has 0 spiro atoms. The first-order valence-electron chi connectivity index (χ1n) is 5.24. The molecule has 0 amide bonds. The van der Waals surface area contributed by atoms with Crippen LogP contribution in [-0.4, -0.2) is 30.5 Å². The number of carboxylic acid groups (broad SMARTS) is 1. The van der Waals surface area contributed by atoms with Crippen LogP contribution in [0, 0.1) is 0 Å². The molecule has 0 saturated carbocycles. The Bertz CT molecular complexity index is 436. The molecular weight excluding hydrogens is 320 g/mol. The maximum absolute atomic E-state index is 10.8. The number of hydrogen-bond donors (Lipinski definition) is 1. The monoisotopic (exact) mass is 334 g/mol. The van der Waals surface area contributed by atoms with Gasteiger partial charge in [0.15, 0.2) is 0 Å². The van der Waals surface area contributed by atoms with Crippen molar-refractivity contribution in [2.45, 2.75) is 17.9 Å². The van der Waals surface area contributed by atoms with Crippen molar-refractivity contribution in [2.24, 2.45) is 0 Å². The van der Waals surface area contributed by atoms with E-state index in [1.807, 2.05) is 12.1 Å².